The van der Waals surface area contributed by atoms with Crippen molar-refractivity contribution in [3.8, 4) is 23.1 Å². The molecule has 0 atom stereocenters. The van der Waals surface area contributed by atoms with Gasteiger partial charge in [-0.15, -0.1) is 0 Å². The SMILES string of the molecule is CCOc1ccc(-c2c(Br)cnn2C)cc1C#N. The molecule has 92 valence electrons. The van der Waals surface area contributed by atoms with E-state index in [1.54, 1.807) is 10.9 Å². The second-order valence-corrected chi connectivity index (χ2v) is 4.57. The molecule has 2 aromatic rings. The predicted octanol–water partition coefficient (Wildman–Crippen LogP) is 3.12. The molecular formula is C13H12BrN3O. The highest BCUT2D eigenvalue weighted by Crippen LogP contribution is 2.30. The van der Waals surface area contributed by atoms with Gasteiger partial charge in [0.2, 0.25) is 0 Å². The third kappa shape index (κ3) is 2.24. The molecule has 0 N–H and O–H groups in total. The number of aromatic nitrogens is 2. The third-order valence-electron chi connectivity index (χ3n) is 2.57. The summed E-state index contributed by atoms with van der Waals surface area (Å²) >= 11 is 3.45. The van der Waals surface area contributed by atoms with Crippen LogP contribution in [0.2, 0.25) is 0 Å². The van der Waals surface area contributed by atoms with E-state index in [-0.39, 0.29) is 0 Å². The van der Waals surface area contributed by atoms with E-state index in [1.807, 2.05) is 32.2 Å². The fourth-order valence-corrected chi connectivity index (χ4v) is 2.36. The van der Waals surface area contributed by atoms with Crippen LogP contribution in [-0.2, 0) is 7.05 Å². The van der Waals surface area contributed by atoms with Crippen LogP contribution in [0.1, 0.15) is 12.5 Å². The van der Waals surface area contributed by atoms with Gasteiger partial charge in [-0.05, 0) is 41.1 Å². The largest absolute Gasteiger partial charge is 0.492 e. The fourth-order valence-electron chi connectivity index (χ4n) is 1.78. The molecular weight excluding hydrogens is 294 g/mol. The molecule has 0 radical (unpaired) electrons. The summed E-state index contributed by atoms with van der Waals surface area (Å²) in [5.74, 6) is 0.613. The maximum atomic E-state index is 9.14. The van der Waals surface area contributed by atoms with Crippen molar-refractivity contribution in [2.24, 2.45) is 7.05 Å². The molecule has 0 saturated carbocycles. The van der Waals surface area contributed by atoms with Crippen LogP contribution in [0.15, 0.2) is 28.9 Å². The van der Waals surface area contributed by atoms with E-state index in [9.17, 15) is 0 Å². The summed E-state index contributed by atoms with van der Waals surface area (Å²) in [5, 5.41) is 13.3. The zero-order valence-electron chi connectivity index (χ0n) is 10.1. The molecule has 1 aromatic carbocycles. The number of nitriles is 1. The van der Waals surface area contributed by atoms with Crippen LogP contribution in [0.5, 0.6) is 5.75 Å². The van der Waals surface area contributed by atoms with Crippen molar-refractivity contribution in [1.29, 1.82) is 5.26 Å². The van der Waals surface area contributed by atoms with E-state index in [0.717, 1.165) is 15.7 Å². The minimum absolute atomic E-state index is 0.530. The summed E-state index contributed by atoms with van der Waals surface area (Å²) in [6, 6.07) is 7.70. The monoisotopic (exact) mass is 305 g/mol. The van der Waals surface area contributed by atoms with Crippen LogP contribution in [0, 0.1) is 11.3 Å². The second kappa shape index (κ2) is 5.23. The van der Waals surface area contributed by atoms with E-state index in [1.165, 1.54) is 0 Å². The van der Waals surface area contributed by atoms with Crippen molar-refractivity contribution in [2.45, 2.75) is 6.92 Å². The molecule has 0 amide bonds. The van der Waals surface area contributed by atoms with Gasteiger partial charge in [-0.3, -0.25) is 4.68 Å². The molecule has 0 aliphatic heterocycles. The molecule has 0 saturated heterocycles. The van der Waals surface area contributed by atoms with Crippen molar-refractivity contribution < 1.29 is 4.74 Å². The van der Waals surface area contributed by atoms with Gasteiger partial charge in [-0.2, -0.15) is 10.4 Å². The van der Waals surface area contributed by atoms with Gasteiger partial charge in [0.1, 0.15) is 11.8 Å². The Kier molecular flexibility index (Phi) is 3.68. The van der Waals surface area contributed by atoms with Crippen LogP contribution in [0.3, 0.4) is 0 Å². The molecule has 0 bridgehead atoms. The predicted molar refractivity (Wildman–Crippen MR) is 72.2 cm³/mol. The van der Waals surface area contributed by atoms with Crippen LogP contribution in [-0.4, -0.2) is 16.4 Å². The van der Waals surface area contributed by atoms with E-state index in [4.69, 9.17) is 10.00 Å². The van der Waals surface area contributed by atoms with Gasteiger partial charge in [-0.25, -0.2) is 0 Å². The fraction of sp³-hybridized carbons (Fsp3) is 0.231. The quantitative estimate of drug-likeness (QED) is 0.875. The van der Waals surface area contributed by atoms with E-state index < -0.39 is 0 Å². The molecule has 18 heavy (non-hydrogen) atoms. The Balaban J connectivity index is 2.52. The Bertz CT molecular complexity index is 594. The van der Waals surface area contributed by atoms with Crippen molar-refractivity contribution in [1.82, 2.24) is 9.78 Å². The number of ether oxygens (including phenoxy) is 1. The lowest BCUT2D eigenvalue weighted by Gasteiger charge is -2.08. The Morgan fingerprint density at radius 2 is 2.28 bits per heavy atom. The minimum Gasteiger partial charge on any atom is -0.492 e. The Morgan fingerprint density at radius 1 is 1.50 bits per heavy atom. The molecule has 4 nitrogen and oxygen atoms in total. The first kappa shape index (κ1) is 12.7. The highest BCUT2D eigenvalue weighted by Gasteiger charge is 2.11. The standard InChI is InChI=1S/C13H12BrN3O/c1-3-18-12-5-4-9(6-10(12)7-15)13-11(14)8-16-17(13)2/h4-6,8H,3H2,1-2H3. The summed E-state index contributed by atoms with van der Waals surface area (Å²) in [6.45, 7) is 2.44. The normalized spacial score (nSPS) is 10.1. The van der Waals surface area contributed by atoms with E-state index in [2.05, 4.69) is 27.1 Å². The lowest BCUT2D eigenvalue weighted by molar-refractivity contribution is 0.339. The van der Waals surface area contributed by atoms with Gasteiger partial charge >= 0.3 is 0 Å². The number of hydrogen-bond donors (Lipinski definition) is 0. The van der Waals surface area contributed by atoms with Crippen LogP contribution in [0.4, 0.5) is 0 Å². The van der Waals surface area contributed by atoms with Gasteiger partial charge in [-0.1, -0.05) is 0 Å². The van der Waals surface area contributed by atoms with Crippen LogP contribution in [0.25, 0.3) is 11.3 Å². The molecule has 2 rings (SSSR count). The average molecular weight is 306 g/mol. The van der Waals surface area contributed by atoms with Gasteiger partial charge < -0.3 is 4.74 Å². The summed E-state index contributed by atoms with van der Waals surface area (Å²) in [7, 11) is 1.86. The molecule has 0 aliphatic carbocycles. The highest BCUT2D eigenvalue weighted by molar-refractivity contribution is 9.10. The van der Waals surface area contributed by atoms with Gasteiger partial charge in [0.15, 0.2) is 0 Å². The number of aryl methyl sites for hydroxylation is 1. The van der Waals surface area contributed by atoms with Gasteiger partial charge in [0.05, 0.1) is 28.5 Å². The number of hydrogen-bond acceptors (Lipinski definition) is 3. The first-order valence-electron chi connectivity index (χ1n) is 5.52. The number of nitrogens with zero attached hydrogens (tertiary/aromatic N) is 3. The molecule has 5 heteroatoms. The number of halogens is 1. The Labute approximate surface area is 114 Å². The first-order valence-corrected chi connectivity index (χ1v) is 6.31. The third-order valence-corrected chi connectivity index (χ3v) is 3.15. The molecule has 0 fully saturated rings. The van der Waals surface area contributed by atoms with Crippen molar-refractivity contribution >= 4 is 15.9 Å². The number of rotatable bonds is 3. The second-order valence-electron chi connectivity index (χ2n) is 3.72. The lowest BCUT2D eigenvalue weighted by Crippen LogP contribution is -1.97. The maximum absolute atomic E-state index is 9.14. The molecule has 0 aliphatic rings. The molecule has 1 aromatic heterocycles. The van der Waals surface area contributed by atoms with Crippen LogP contribution < -0.4 is 4.74 Å². The Hall–Kier alpha value is -1.80. The summed E-state index contributed by atoms with van der Waals surface area (Å²) < 4.78 is 8.07. The highest BCUT2D eigenvalue weighted by atomic mass is 79.9. The van der Waals surface area contributed by atoms with E-state index in [0.29, 0.717) is 17.9 Å². The van der Waals surface area contributed by atoms with Crippen LogP contribution >= 0.6 is 15.9 Å². The molecule has 0 spiro atoms. The molecule has 0 unspecified atom stereocenters. The van der Waals surface area contributed by atoms with Gasteiger partial charge in [0, 0.05) is 12.6 Å². The smallest absolute Gasteiger partial charge is 0.137 e. The molecule has 1 heterocycles. The topological polar surface area (TPSA) is 50.8 Å². The summed E-state index contributed by atoms with van der Waals surface area (Å²) in [5.41, 5.74) is 2.40. The minimum atomic E-state index is 0.530. The van der Waals surface area contributed by atoms with Crippen molar-refractivity contribution in [3.05, 3.63) is 34.4 Å². The summed E-state index contributed by atoms with van der Waals surface area (Å²) in [6.07, 6.45) is 1.73. The van der Waals surface area contributed by atoms with E-state index >= 15 is 0 Å². The Morgan fingerprint density at radius 3 is 2.83 bits per heavy atom. The zero-order valence-corrected chi connectivity index (χ0v) is 11.7. The van der Waals surface area contributed by atoms with Crippen molar-refractivity contribution in [3.63, 3.8) is 0 Å². The number of benzene rings is 1. The van der Waals surface area contributed by atoms with Gasteiger partial charge in [0.25, 0.3) is 0 Å². The maximum Gasteiger partial charge on any atom is 0.137 e. The average Bonchev–Trinajstić information content (AvgIpc) is 2.70. The summed E-state index contributed by atoms with van der Waals surface area (Å²) in [4.78, 5) is 0. The lowest BCUT2D eigenvalue weighted by atomic mass is 10.1. The van der Waals surface area contributed by atoms with Crippen molar-refractivity contribution in [2.75, 3.05) is 6.61 Å². The first-order chi connectivity index (χ1) is 8.67. The zero-order chi connectivity index (χ0) is 13.1.